The molecule has 17 heavy (non-hydrogen) atoms. The van der Waals surface area contributed by atoms with E-state index in [1.54, 1.807) is 0 Å². The average Bonchev–Trinajstić information content (AvgIpc) is 2.39. The van der Waals surface area contributed by atoms with Gasteiger partial charge in [0.2, 0.25) is 5.91 Å². The lowest BCUT2D eigenvalue weighted by atomic mass is 9.98. The van der Waals surface area contributed by atoms with Crippen molar-refractivity contribution in [3.05, 3.63) is 35.9 Å². The monoisotopic (exact) mass is 233 g/mol. The molecule has 2 rings (SSSR count). The lowest BCUT2D eigenvalue weighted by Gasteiger charge is -2.31. The zero-order chi connectivity index (χ0) is 12.3. The van der Waals surface area contributed by atoms with Crippen LogP contribution < -0.4 is 0 Å². The molecule has 1 atom stereocenters. The van der Waals surface area contributed by atoms with Gasteiger partial charge in [-0.25, -0.2) is 0 Å². The van der Waals surface area contributed by atoms with Gasteiger partial charge in [-0.1, -0.05) is 30.3 Å². The molecule has 1 saturated heterocycles. The largest absolute Gasteiger partial charge is 0.393 e. The molecule has 0 radical (unpaired) electrons. The van der Waals surface area contributed by atoms with Crippen LogP contribution in [0.25, 0.3) is 0 Å². The Morgan fingerprint density at radius 2 is 1.88 bits per heavy atom. The topological polar surface area (TPSA) is 40.5 Å². The van der Waals surface area contributed by atoms with Crippen molar-refractivity contribution >= 4 is 5.91 Å². The van der Waals surface area contributed by atoms with E-state index in [0.29, 0.717) is 25.9 Å². The maximum absolute atomic E-state index is 12.2. The fraction of sp³-hybridized carbons (Fsp3) is 0.500. The summed E-state index contributed by atoms with van der Waals surface area (Å²) in [6.45, 7) is 3.30. The first-order valence-electron chi connectivity index (χ1n) is 6.20. The summed E-state index contributed by atoms with van der Waals surface area (Å²) in [5, 5.41) is 9.43. The molecule has 1 aromatic rings. The summed E-state index contributed by atoms with van der Waals surface area (Å²) < 4.78 is 0. The third kappa shape index (κ3) is 2.86. The molecule has 1 fully saturated rings. The van der Waals surface area contributed by atoms with Gasteiger partial charge in [-0.05, 0) is 25.3 Å². The molecule has 3 nitrogen and oxygen atoms in total. The van der Waals surface area contributed by atoms with E-state index in [9.17, 15) is 9.90 Å². The van der Waals surface area contributed by atoms with Crippen LogP contribution in [0.1, 0.15) is 31.2 Å². The third-order valence-corrected chi connectivity index (χ3v) is 3.45. The highest BCUT2D eigenvalue weighted by Gasteiger charge is 2.25. The molecule has 1 aliphatic rings. The van der Waals surface area contributed by atoms with Crippen LogP contribution in [-0.4, -0.2) is 35.1 Å². The summed E-state index contributed by atoms with van der Waals surface area (Å²) in [6.07, 6.45) is 1.17. The number of amides is 1. The number of carbonyl (C=O) groups is 1. The van der Waals surface area contributed by atoms with Gasteiger partial charge in [0.1, 0.15) is 0 Å². The Labute approximate surface area is 102 Å². The fourth-order valence-corrected chi connectivity index (χ4v) is 2.24. The van der Waals surface area contributed by atoms with Crippen molar-refractivity contribution in [1.82, 2.24) is 4.90 Å². The van der Waals surface area contributed by atoms with Crippen LogP contribution in [0, 0.1) is 0 Å². The van der Waals surface area contributed by atoms with Gasteiger partial charge in [0, 0.05) is 13.1 Å². The number of rotatable bonds is 2. The fourth-order valence-electron chi connectivity index (χ4n) is 2.24. The van der Waals surface area contributed by atoms with Gasteiger partial charge in [-0.2, -0.15) is 0 Å². The zero-order valence-corrected chi connectivity index (χ0v) is 10.2. The Morgan fingerprint density at radius 3 is 2.47 bits per heavy atom. The number of aliphatic hydroxyl groups is 1. The molecule has 1 heterocycles. The Kier molecular flexibility index (Phi) is 3.79. The van der Waals surface area contributed by atoms with Gasteiger partial charge >= 0.3 is 0 Å². The summed E-state index contributed by atoms with van der Waals surface area (Å²) in [5.74, 6) is 0.0783. The lowest BCUT2D eigenvalue weighted by molar-refractivity contribution is -0.134. The first-order valence-corrected chi connectivity index (χ1v) is 6.20. The van der Waals surface area contributed by atoms with Crippen LogP contribution in [0.2, 0.25) is 0 Å². The smallest absolute Gasteiger partial charge is 0.229 e. The van der Waals surface area contributed by atoms with E-state index in [-0.39, 0.29) is 17.9 Å². The van der Waals surface area contributed by atoms with Crippen LogP contribution >= 0.6 is 0 Å². The van der Waals surface area contributed by atoms with Gasteiger partial charge in [0.25, 0.3) is 0 Å². The summed E-state index contributed by atoms with van der Waals surface area (Å²) >= 11 is 0. The molecule has 0 spiro atoms. The van der Waals surface area contributed by atoms with Gasteiger partial charge < -0.3 is 10.0 Å². The predicted octanol–water partition coefficient (Wildman–Crippen LogP) is 1.77. The van der Waals surface area contributed by atoms with Gasteiger partial charge in [0.05, 0.1) is 12.0 Å². The maximum Gasteiger partial charge on any atom is 0.229 e. The van der Waals surface area contributed by atoms with Crippen molar-refractivity contribution in [2.24, 2.45) is 0 Å². The second kappa shape index (κ2) is 5.32. The number of hydrogen-bond donors (Lipinski definition) is 1. The van der Waals surface area contributed by atoms with Crippen LogP contribution in [-0.2, 0) is 4.79 Å². The Morgan fingerprint density at radius 1 is 1.29 bits per heavy atom. The summed E-state index contributed by atoms with van der Waals surface area (Å²) in [4.78, 5) is 14.1. The van der Waals surface area contributed by atoms with Crippen LogP contribution in [0.15, 0.2) is 30.3 Å². The van der Waals surface area contributed by atoms with E-state index >= 15 is 0 Å². The molecule has 0 aromatic heterocycles. The number of piperidine rings is 1. The number of aliphatic hydroxyl groups excluding tert-OH is 1. The minimum Gasteiger partial charge on any atom is -0.393 e. The van der Waals surface area contributed by atoms with E-state index in [2.05, 4.69) is 0 Å². The highest BCUT2D eigenvalue weighted by Crippen LogP contribution is 2.20. The minimum atomic E-state index is -0.230. The first kappa shape index (κ1) is 12.1. The molecule has 92 valence electrons. The second-order valence-electron chi connectivity index (χ2n) is 4.69. The summed E-state index contributed by atoms with van der Waals surface area (Å²) in [6, 6.07) is 9.85. The molecule has 3 heteroatoms. The molecular weight excluding hydrogens is 214 g/mol. The molecular formula is C14H19NO2. The highest BCUT2D eigenvalue weighted by molar-refractivity contribution is 5.83. The third-order valence-electron chi connectivity index (χ3n) is 3.45. The molecule has 0 saturated carbocycles. The van der Waals surface area contributed by atoms with E-state index in [0.717, 1.165) is 5.56 Å². The normalized spacial score (nSPS) is 19.1. The van der Waals surface area contributed by atoms with Crippen molar-refractivity contribution in [3.8, 4) is 0 Å². The second-order valence-corrected chi connectivity index (χ2v) is 4.69. The predicted molar refractivity (Wildman–Crippen MR) is 66.7 cm³/mol. The maximum atomic E-state index is 12.2. The van der Waals surface area contributed by atoms with Crippen molar-refractivity contribution in [2.45, 2.75) is 31.8 Å². The van der Waals surface area contributed by atoms with Crippen LogP contribution in [0.5, 0.6) is 0 Å². The number of likely N-dealkylation sites (tertiary alicyclic amines) is 1. The van der Waals surface area contributed by atoms with Crippen molar-refractivity contribution in [1.29, 1.82) is 0 Å². The molecule has 1 aromatic carbocycles. The van der Waals surface area contributed by atoms with Crippen molar-refractivity contribution < 1.29 is 9.90 Å². The summed E-state index contributed by atoms with van der Waals surface area (Å²) in [5.41, 5.74) is 1.06. The van der Waals surface area contributed by atoms with Crippen molar-refractivity contribution in [2.75, 3.05) is 13.1 Å². The Hall–Kier alpha value is -1.35. The van der Waals surface area contributed by atoms with Crippen LogP contribution in [0.3, 0.4) is 0 Å². The molecule has 1 amide bonds. The van der Waals surface area contributed by atoms with Gasteiger partial charge in [-0.15, -0.1) is 0 Å². The number of nitrogens with zero attached hydrogens (tertiary/aromatic N) is 1. The van der Waals surface area contributed by atoms with E-state index in [1.807, 2.05) is 42.2 Å². The Balaban J connectivity index is 2.00. The molecule has 1 aliphatic heterocycles. The standard InChI is InChI=1S/C14H19NO2/c1-11(12-5-3-2-4-6-12)14(17)15-9-7-13(16)8-10-15/h2-6,11,13,16H,7-10H2,1H3. The number of carbonyl (C=O) groups excluding carboxylic acids is 1. The van der Waals surface area contributed by atoms with E-state index in [1.165, 1.54) is 0 Å². The Bertz CT molecular complexity index is 369. The van der Waals surface area contributed by atoms with Gasteiger partial charge in [-0.3, -0.25) is 4.79 Å². The minimum absolute atomic E-state index is 0.0913. The number of benzene rings is 1. The average molecular weight is 233 g/mol. The molecule has 0 aliphatic carbocycles. The highest BCUT2D eigenvalue weighted by atomic mass is 16.3. The molecule has 0 bridgehead atoms. The quantitative estimate of drug-likeness (QED) is 0.845. The van der Waals surface area contributed by atoms with Gasteiger partial charge in [0.15, 0.2) is 0 Å². The lowest BCUT2D eigenvalue weighted by Crippen LogP contribution is -2.41. The molecule has 1 unspecified atom stereocenters. The SMILES string of the molecule is CC(C(=O)N1CCC(O)CC1)c1ccccc1. The van der Waals surface area contributed by atoms with Crippen molar-refractivity contribution in [3.63, 3.8) is 0 Å². The number of hydrogen-bond acceptors (Lipinski definition) is 2. The first-order chi connectivity index (χ1) is 8.18. The van der Waals surface area contributed by atoms with E-state index < -0.39 is 0 Å². The van der Waals surface area contributed by atoms with E-state index in [4.69, 9.17) is 0 Å². The molecule has 1 N–H and O–H groups in total. The van der Waals surface area contributed by atoms with Crippen LogP contribution in [0.4, 0.5) is 0 Å². The summed E-state index contributed by atoms with van der Waals surface area (Å²) in [7, 11) is 0. The zero-order valence-electron chi connectivity index (χ0n) is 10.2.